The summed E-state index contributed by atoms with van der Waals surface area (Å²) in [5.41, 5.74) is 2.04. The van der Waals surface area contributed by atoms with Crippen LogP contribution >= 0.6 is 23.1 Å². The predicted octanol–water partition coefficient (Wildman–Crippen LogP) is 4.47. The van der Waals surface area contributed by atoms with Crippen LogP contribution in [0.1, 0.15) is 10.4 Å². The average molecular weight is 440 g/mol. The number of aromatic nitrogens is 1. The van der Waals surface area contributed by atoms with Crippen LogP contribution in [0.4, 0.5) is 5.00 Å². The molecule has 0 atom stereocenters. The first-order chi connectivity index (χ1) is 14.6. The van der Waals surface area contributed by atoms with Gasteiger partial charge in [-0.05, 0) is 18.2 Å². The van der Waals surface area contributed by atoms with Crippen LogP contribution in [0.5, 0.6) is 5.75 Å². The van der Waals surface area contributed by atoms with Gasteiger partial charge in [0, 0.05) is 17.7 Å². The first kappa shape index (κ1) is 21.6. The topological polar surface area (TPSA) is 80.3 Å². The summed E-state index contributed by atoms with van der Waals surface area (Å²) in [5.74, 6) is 0.490. The minimum Gasteiger partial charge on any atom is -0.497 e. The van der Waals surface area contributed by atoms with E-state index in [4.69, 9.17) is 4.74 Å². The highest BCUT2D eigenvalue weighted by Gasteiger charge is 2.17. The van der Waals surface area contributed by atoms with Crippen LogP contribution in [0.3, 0.4) is 0 Å². The second kappa shape index (κ2) is 10.6. The zero-order valence-electron chi connectivity index (χ0n) is 16.4. The van der Waals surface area contributed by atoms with Gasteiger partial charge in [-0.3, -0.25) is 9.59 Å². The third-order valence-electron chi connectivity index (χ3n) is 3.98. The highest BCUT2D eigenvalue weighted by Crippen LogP contribution is 2.37. The zero-order valence-corrected chi connectivity index (χ0v) is 18.0. The molecule has 0 aliphatic heterocycles. The van der Waals surface area contributed by atoms with Crippen LogP contribution in [-0.4, -0.2) is 36.2 Å². The molecule has 2 aromatic carbocycles. The van der Waals surface area contributed by atoms with Gasteiger partial charge in [0.15, 0.2) is 4.34 Å². The van der Waals surface area contributed by atoms with Crippen LogP contribution in [-0.2, 0) is 4.79 Å². The number of carbonyl (C=O) groups is 2. The molecule has 0 saturated heterocycles. The molecule has 0 aliphatic rings. The lowest BCUT2D eigenvalue weighted by Crippen LogP contribution is -2.24. The van der Waals surface area contributed by atoms with E-state index in [0.29, 0.717) is 32.9 Å². The molecular weight excluding hydrogens is 418 g/mol. The van der Waals surface area contributed by atoms with Crippen molar-refractivity contribution in [1.82, 2.24) is 10.3 Å². The Morgan fingerprint density at radius 2 is 2.00 bits per heavy atom. The Labute approximate surface area is 183 Å². The number of ether oxygens (including phenoxy) is 1. The third kappa shape index (κ3) is 5.71. The van der Waals surface area contributed by atoms with Gasteiger partial charge in [-0.1, -0.05) is 65.6 Å². The van der Waals surface area contributed by atoms with Crippen LogP contribution in [0.15, 0.2) is 71.6 Å². The Hall–Kier alpha value is -3.10. The highest BCUT2D eigenvalue weighted by atomic mass is 32.2. The molecule has 2 amide bonds. The molecule has 1 heterocycles. The summed E-state index contributed by atoms with van der Waals surface area (Å²) in [7, 11) is 1.56. The Kier molecular flexibility index (Phi) is 7.64. The van der Waals surface area contributed by atoms with Crippen molar-refractivity contribution >= 4 is 39.9 Å². The Morgan fingerprint density at radius 3 is 2.73 bits per heavy atom. The summed E-state index contributed by atoms with van der Waals surface area (Å²) in [4.78, 5) is 29.3. The van der Waals surface area contributed by atoms with Crippen molar-refractivity contribution in [2.24, 2.45) is 0 Å². The SMILES string of the molecule is C=CCNC(=O)CSc1nc(-c2ccccc2)c(NC(=O)c2cccc(OC)c2)s1. The number of thioether (sulfide) groups is 1. The van der Waals surface area contributed by atoms with Crippen molar-refractivity contribution < 1.29 is 14.3 Å². The maximum absolute atomic E-state index is 12.8. The number of benzene rings is 2. The van der Waals surface area contributed by atoms with Crippen molar-refractivity contribution in [3.8, 4) is 17.0 Å². The Balaban J connectivity index is 1.82. The van der Waals surface area contributed by atoms with Crippen molar-refractivity contribution in [3.05, 3.63) is 72.8 Å². The Morgan fingerprint density at radius 1 is 1.20 bits per heavy atom. The molecule has 3 aromatic rings. The molecule has 8 heteroatoms. The van der Waals surface area contributed by atoms with Crippen molar-refractivity contribution in [3.63, 3.8) is 0 Å². The molecule has 0 unspecified atom stereocenters. The van der Waals surface area contributed by atoms with Gasteiger partial charge in [-0.25, -0.2) is 4.98 Å². The predicted molar refractivity (Wildman–Crippen MR) is 122 cm³/mol. The first-order valence-corrected chi connectivity index (χ1v) is 10.9. The molecule has 3 rings (SSSR count). The molecule has 0 aliphatic carbocycles. The van der Waals surface area contributed by atoms with Crippen LogP contribution in [0.2, 0.25) is 0 Å². The molecule has 0 bridgehead atoms. The average Bonchev–Trinajstić information content (AvgIpc) is 3.19. The largest absolute Gasteiger partial charge is 0.497 e. The normalized spacial score (nSPS) is 10.3. The molecule has 1 aromatic heterocycles. The number of amides is 2. The number of methoxy groups -OCH3 is 1. The number of nitrogens with zero attached hydrogens (tertiary/aromatic N) is 1. The fourth-order valence-electron chi connectivity index (χ4n) is 2.54. The minimum atomic E-state index is -0.255. The highest BCUT2D eigenvalue weighted by molar-refractivity contribution is 8.01. The summed E-state index contributed by atoms with van der Waals surface area (Å²) in [6.07, 6.45) is 1.63. The smallest absolute Gasteiger partial charge is 0.256 e. The lowest BCUT2D eigenvalue weighted by atomic mass is 10.1. The lowest BCUT2D eigenvalue weighted by Gasteiger charge is -2.06. The van der Waals surface area contributed by atoms with Gasteiger partial charge in [0.05, 0.1) is 12.9 Å². The number of hydrogen-bond donors (Lipinski definition) is 2. The van der Waals surface area contributed by atoms with Gasteiger partial charge in [-0.15, -0.1) is 6.58 Å². The van der Waals surface area contributed by atoms with Gasteiger partial charge >= 0.3 is 0 Å². The number of nitrogens with one attached hydrogen (secondary N) is 2. The third-order valence-corrected chi connectivity index (χ3v) is 6.10. The fourth-order valence-corrected chi connectivity index (χ4v) is 4.43. The zero-order chi connectivity index (χ0) is 21.3. The molecule has 0 spiro atoms. The maximum atomic E-state index is 12.8. The quantitative estimate of drug-likeness (QED) is 0.380. The van der Waals surface area contributed by atoms with E-state index in [1.165, 1.54) is 23.1 Å². The van der Waals surface area contributed by atoms with Gasteiger partial charge in [0.2, 0.25) is 5.91 Å². The molecule has 0 saturated carbocycles. The van der Waals surface area contributed by atoms with Gasteiger partial charge in [0.1, 0.15) is 16.4 Å². The van der Waals surface area contributed by atoms with Gasteiger partial charge in [0.25, 0.3) is 5.91 Å². The first-order valence-electron chi connectivity index (χ1n) is 9.12. The van der Waals surface area contributed by atoms with Crippen molar-refractivity contribution in [1.29, 1.82) is 0 Å². The summed E-state index contributed by atoms with van der Waals surface area (Å²) in [5, 5.41) is 6.32. The minimum absolute atomic E-state index is 0.0988. The lowest BCUT2D eigenvalue weighted by molar-refractivity contribution is -0.118. The molecule has 154 valence electrons. The van der Waals surface area contributed by atoms with Crippen molar-refractivity contribution in [2.45, 2.75) is 4.34 Å². The van der Waals surface area contributed by atoms with E-state index in [0.717, 1.165) is 5.56 Å². The number of anilines is 1. The molecular formula is C22H21N3O3S2. The number of thiazole rings is 1. The Bertz CT molecular complexity index is 1040. The summed E-state index contributed by atoms with van der Waals surface area (Å²) < 4.78 is 5.90. The van der Waals surface area contributed by atoms with Gasteiger partial charge in [-0.2, -0.15) is 0 Å². The molecule has 0 fully saturated rings. The fraction of sp³-hybridized carbons (Fsp3) is 0.136. The summed E-state index contributed by atoms with van der Waals surface area (Å²) >= 11 is 2.67. The van der Waals surface area contributed by atoms with E-state index in [2.05, 4.69) is 22.2 Å². The molecule has 0 radical (unpaired) electrons. The maximum Gasteiger partial charge on any atom is 0.256 e. The van der Waals surface area contributed by atoms with Crippen LogP contribution < -0.4 is 15.4 Å². The molecule has 30 heavy (non-hydrogen) atoms. The van der Waals surface area contributed by atoms with Crippen LogP contribution in [0, 0.1) is 0 Å². The number of hydrogen-bond acceptors (Lipinski definition) is 6. The van der Waals surface area contributed by atoms with E-state index in [-0.39, 0.29) is 17.6 Å². The van der Waals surface area contributed by atoms with E-state index >= 15 is 0 Å². The van der Waals surface area contributed by atoms with Crippen LogP contribution in [0.25, 0.3) is 11.3 Å². The second-order valence-electron chi connectivity index (χ2n) is 6.09. The van der Waals surface area contributed by atoms with Crippen molar-refractivity contribution in [2.75, 3.05) is 24.7 Å². The summed E-state index contributed by atoms with van der Waals surface area (Å²) in [6, 6.07) is 16.6. The van der Waals surface area contributed by atoms with E-state index < -0.39 is 0 Å². The molecule has 6 nitrogen and oxygen atoms in total. The van der Waals surface area contributed by atoms with E-state index in [1.54, 1.807) is 37.5 Å². The second-order valence-corrected chi connectivity index (χ2v) is 8.31. The summed E-state index contributed by atoms with van der Waals surface area (Å²) in [6.45, 7) is 4.01. The van der Waals surface area contributed by atoms with E-state index in [9.17, 15) is 9.59 Å². The molecule has 2 N–H and O–H groups in total. The monoisotopic (exact) mass is 439 g/mol. The van der Waals surface area contributed by atoms with Gasteiger partial charge < -0.3 is 15.4 Å². The number of rotatable bonds is 9. The standard InChI is InChI=1S/C22H21N3O3S2/c1-3-12-23-18(26)14-29-22-24-19(15-8-5-4-6-9-15)21(30-22)25-20(27)16-10-7-11-17(13-16)28-2/h3-11,13H,1,12,14H2,2H3,(H,23,26)(H,25,27). The van der Waals surface area contributed by atoms with E-state index in [1.807, 2.05) is 30.3 Å². The number of carbonyl (C=O) groups excluding carboxylic acids is 2.